The van der Waals surface area contributed by atoms with Gasteiger partial charge in [-0.3, -0.25) is 0 Å². The van der Waals surface area contributed by atoms with Crippen LogP contribution in [0.25, 0.3) is 0 Å². The van der Waals surface area contributed by atoms with Crippen molar-refractivity contribution < 1.29 is 14.9 Å². The molecule has 0 aromatic heterocycles. The average molecular weight is 210 g/mol. The van der Waals surface area contributed by atoms with Gasteiger partial charge in [0.15, 0.2) is 6.61 Å². The van der Waals surface area contributed by atoms with E-state index < -0.39 is 5.54 Å². The molecule has 0 fully saturated rings. The minimum absolute atomic E-state index is 0.0806. The molecule has 0 saturated carbocycles. The van der Waals surface area contributed by atoms with Crippen LogP contribution in [0.1, 0.15) is 19.4 Å². The number of ether oxygens (including phenoxy) is 1. The molecule has 82 valence electrons. The minimum Gasteiger partial charge on any atom is -0.486 e. The van der Waals surface area contributed by atoms with Crippen LogP contribution in [-0.4, -0.2) is 22.3 Å². The van der Waals surface area contributed by atoms with Crippen molar-refractivity contribution in [3.63, 3.8) is 0 Å². The van der Waals surface area contributed by atoms with Gasteiger partial charge in [-0.25, -0.2) is 5.21 Å². The summed E-state index contributed by atoms with van der Waals surface area (Å²) in [5, 5.41) is 8.81. The molecule has 0 unspecified atom stereocenters. The van der Waals surface area contributed by atoms with Gasteiger partial charge in [-0.2, -0.15) is 0 Å². The smallest absolute Gasteiger partial charge is 0.293 e. The fourth-order valence-corrected chi connectivity index (χ4v) is 1.02. The van der Waals surface area contributed by atoms with Crippen LogP contribution in [0.15, 0.2) is 24.3 Å². The van der Waals surface area contributed by atoms with E-state index in [0.717, 1.165) is 5.56 Å². The van der Waals surface area contributed by atoms with Gasteiger partial charge in [-0.05, 0) is 24.6 Å². The first-order valence-electron chi connectivity index (χ1n) is 4.77. The van der Waals surface area contributed by atoms with Crippen molar-refractivity contribution in [3.05, 3.63) is 34.7 Å². The van der Waals surface area contributed by atoms with E-state index in [4.69, 9.17) is 9.94 Å². The first-order chi connectivity index (χ1) is 6.92. The van der Waals surface area contributed by atoms with Gasteiger partial charge < -0.3 is 4.74 Å². The maximum atomic E-state index is 10.7. The Morgan fingerprint density at radius 2 is 2.13 bits per heavy atom. The molecule has 0 atom stereocenters. The van der Waals surface area contributed by atoms with Crippen molar-refractivity contribution >= 4 is 0 Å². The van der Waals surface area contributed by atoms with Gasteiger partial charge in [0.2, 0.25) is 4.92 Å². The molecule has 0 heterocycles. The van der Waals surface area contributed by atoms with Gasteiger partial charge in [-0.15, -0.1) is 0 Å². The zero-order valence-corrected chi connectivity index (χ0v) is 9.23. The first-order valence-corrected chi connectivity index (χ1v) is 4.77. The molecular weight excluding hydrogens is 194 g/mol. The molecule has 1 aromatic rings. The second-order valence-corrected chi connectivity index (χ2v) is 4.19. The lowest BCUT2D eigenvalue weighted by atomic mass is 10.1. The van der Waals surface area contributed by atoms with Crippen LogP contribution in [0.3, 0.4) is 0 Å². The summed E-state index contributed by atoms with van der Waals surface area (Å²) in [6, 6.07) is 7.54. The minimum atomic E-state index is -0.941. The quantitative estimate of drug-likeness (QED) is 0.776. The molecule has 4 nitrogen and oxygen atoms in total. The molecule has 0 spiro atoms. The van der Waals surface area contributed by atoms with E-state index in [0.29, 0.717) is 5.75 Å². The Hall–Kier alpha value is -1.58. The normalized spacial score (nSPS) is 11.1. The van der Waals surface area contributed by atoms with Crippen molar-refractivity contribution in [2.24, 2.45) is 0 Å². The highest BCUT2D eigenvalue weighted by atomic mass is 16.6. The summed E-state index contributed by atoms with van der Waals surface area (Å²) >= 11 is 0. The van der Waals surface area contributed by atoms with Gasteiger partial charge in [-0.1, -0.05) is 12.1 Å². The lowest BCUT2D eigenvalue weighted by Crippen LogP contribution is -2.38. The number of hydrogen-bond donors (Lipinski definition) is 1. The van der Waals surface area contributed by atoms with Gasteiger partial charge in [0.05, 0.1) is 4.91 Å². The lowest BCUT2D eigenvalue weighted by molar-refractivity contribution is -0.838. The molecule has 1 rings (SSSR count). The average Bonchev–Trinajstić information content (AvgIpc) is 2.15. The number of aryl methyl sites for hydroxylation is 1. The van der Waals surface area contributed by atoms with E-state index in [1.54, 1.807) is 13.8 Å². The Balaban J connectivity index is 2.61. The Morgan fingerprint density at radius 1 is 1.47 bits per heavy atom. The highest BCUT2D eigenvalue weighted by Gasteiger charge is 2.37. The SMILES string of the molecule is Cc1cccc(OCC(C)(C)[N+](=O)O)c1. The molecular formula is C11H16NO3+. The van der Waals surface area contributed by atoms with Gasteiger partial charge in [0.25, 0.3) is 5.54 Å². The van der Waals surface area contributed by atoms with Crippen LogP contribution >= 0.6 is 0 Å². The number of rotatable bonds is 4. The largest absolute Gasteiger partial charge is 0.486 e. The summed E-state index contributed by atoms with van der Waals surface area (Å²) in [7, 11) is 0. The maximum absolute atomic E-state index is 10.7. The first kappa shape index (κ1) is 11.5. The second kappa shape index (κ2) is 4.29. The number of hydrogen-bond acceptors (Lipinski definition) is 2. The highest BCUT2D eigenvalue weighted by Crippen LogP contribution is 2.15. The number of benzene rings is 1. The summed E-state index contributed by atoms with van der Waals surface area (Å²) in [5.74, 6) is 0.699. The van der Waals surface area contributed by atoms with Crippen LogP contribution in [0.5, 0.6) is 5.75 Å². The van der Waals surface area contributed by atoms with Crippen molar-refractivity contribution in [1.82, 2.24) is 0 Å². The van der Waals surface area contributed by atoms with E-state index in [9.17, 15) is 4.91 Å². The monoisotopic (exact) mass is 210 g/mol. The fourth-order valence-electron chi connectivity index (χ4n) is 1.02. The third kappa shape index (κ3) is 3.23. The molecule has 0 radical (unpaired) electrons. The molecule has 0 amide bonds. The molecule has 4 heteroatoms. The van der Waals surface area contributed by atoms with Gasteiger partial charge >= 0.3 is 0 Å². The number of nitrogens with zero attached hydrogens (tertiary/aromatic N) is 1. The van der Waals surface area contributed by atoms with Crippen molar-refractivity contribution in [2.75, 3.05) is 6.61 Å². The van der Waals surface area contributed by atoms with Crippen LogP contribution in [-0.2, 0) is 0 Å². The summed E-state index contributed by atoms with van der Waals surface area (Å²) in [6.07, 6.45) is 0. The van der Waals surface area contributed by atoms with E-state index in [2.05, 4.69) is 0 Å². The van der Waals surface area contributed by atoms with E-state index in [1.165, 1.54) is 0 Å². The summed E-state index contributed by atoms with van der Waals surface area (Å²) in [5.41, 5.74) is 0.150. The van der Waals surface area contributed by atoms with E-state index >= 15 is 0 Å². The topological polar surface area (TPSA) is 49.5 Å². The molecule has 1 aromatic carbocycles. The predicted molar refractivity (Wildman–Crippen MR) is 56.2 cm³/mol. The Kier molecular flexibility index (Phi) is 3.29. The fraction of sp³-hybridized carbons (Fsp3) is 0.455. The molecule has 0 aliphatic carbocycles. The van der Waals surface area contributed by atoms with Crippen molar-refractivity contribution in [3.8, 4) is 5.75 Å². The van der Waals surface area contributed by atoms with Crippen molar-refractivity contribution in [1.29, 1.82) is 0 Å². The standard InChI is InChI=1S/C11H16NO3/c1-9-5-4-6-10(7-9)15-8-11(2,3)12(13)14/h4-7H,8H2,1-3H3,(H,13,14)/q+1. The zero-order chi connectivity index (χ0) is 11.5. The molecule has 0 aliphatic rings. The van der Waals surface area contributed by atoms with Crippen LogP contribution < -0.4 is 4.74 Å². The Bertz CT molecular complexity index is 361. The van der Waals surface area contributed by atoms with Gasteiger partial charge in [0.1, 0.15) is 5.75 Å². The van der Waals surface area contributed by atoms with E-state index in [-0.39, 0.29) is 11.5 Å². The summed E-state index contributed by atoms with van der Waals surface area (Å²) in [4.78, 5) is 10.7. The molecule has 15 heavy (non-hydrogen) atoms. The van der Waals surface area contributed by atoms with Crippen LogP contribution in [0.4, 0.5) is 0 Å². The van der Waals surface area contributed by atoms with Crippen molar-refractivity contribution in [2.45, 2.75) is 26.3 Å². The lowest BCUT2D eigenvalue weighted by Gasteiger charge is -2.12. The second-order valence-electron chi connectivity index (χ2n) is 4.19. The third-order valence-corrected chi connectivity index (χ3v) is 2.10. The molecule has 0 bridgehead atoms. The highest BCUT2D eigenvalue weighted by molar-refractivity contribution is 5.27. The van der Waals surface area contributed by atoms with E-state index in [1.807, 2.05) is 31.2 Å². The third-order valence-electron chi connectivity index (χ3n) is 2.10. The molecule has 0 saturated heterocycles. The summed E-state index contributed by atoms with van der Waals surface area (Å²) in [6.45, 7) is 5.31. The molecule has 1 N–H and O–H groups in total. The Morgan fingerprint density at radius 3 is 2.67 bits per heavy atom. The summed E-state index contributed by atoms with van der Waals surface area (Å²) < 4.78 is 5.41. The van der Waals surface area contributed by atoms with Crippen LogP contribution in [0, 0.1) is 11.8 Å². The maximum Gasteiger partial charge on any atom is 0.293 e. The van der Waals surface area contributed by atoms with Crippen LogP contribution in [0.2, 0.25) is 0 Å². The Labute approximate surface area is 89.0 Å². The van der Waals surface area contributed by atoms with Gasteiger partial charge in [0, 0.05) is 13.8 Å². The molecule has 0 aliphatic heterocycles. The predicted octanol–water partition coefficient (Wildman–Crippen LogP) is 2.32. The zero-order valence-electron chi connectivity index (χ0n) is 9.23.